The normalized spacial score (nSPS) is 29.7. The van der Waals surface area contributed by atoms with Gasteiger partial charge in [0.15, 0.2) is 0 Å². The van der Waals surface area contributed by atoms with E-state index in [2.05, 4.69) is 17.4 Å². The molecule has 1 heterocycles. The van der Waals surface area contributed by atoms with Crippen molar-refractivity contribution in [3.05, 3.63) is 29.8 Å². The first-order valence-corrected chi connectivity index (χ1v) is 4.70. The summed E-state index contributed by atoms with van der Waals surface area (Å²) in [6.45, 7) is 0.811. The molecule has 1 unspecified atom stereocenters. The van der Waals surface area contributed by atoms with Crippen molar-refractivity contribution in [2.24, 2.45) is 0 Å². The molecule has 66 valence electrons. The summed E-state index contributed by atoms with van der Waals surface area (Å²) < 4.78 is 0. The van der Waals surface area contributed by atoms with E-state index in [1.165, 1.54) is 5.56 Å². The lowest BCUT2D eigenvalue weighted by Crippen LogP contribution is -2.46. The molecule has 0 aromatic heterocycles. The number of benzene rings is 1. The van der Waals surface area contributed by atoms with Crippen LogP contribution in [0.15, 0.2) is 24.3 Å². The van der Waals surface area contributed by atoms with E-state index < -0.39 is 0 Å². The second-order valence-electron chi connectivity index (χ2n) is 3.90. The highest BCUT2D eigenvalue weighted by atomic mass is 16.1. The minimum Gasteiger partial charge on any atom is -0.383 e. The van der Waals surface area contributed by atoms with Crippen molar-refractivity contribution in [1.82, 2.24) is 0 Å². The Morgan fingerprint density at radius 2 is 2.15 bits per heavy atom. The number of nitrogens with one attached hydrogen (secondary N) is 1. The Kier molecular flexibility index (Phi) is 1.17. The summed E-state index contributed by atoms with van der Waals surface area (Å²) in [6, 6.07) is 8.15. The average Bonchev–Trinajstić information content (AvgIpc) is 2.57. The molecular weight excluding hydrogens is 162 g/mol. The Labute approximate surface area is 77.0 Å². The average molecular weight is 173 g/mol. The maximum absolute atomic E-state index is 11.6. The second kappa shape index (κ2) is 2.13. The third-order valence-electron chi connectivity index (χ3n) is 3.34. The number of Topliss-reactive ketones (excluding diaryl/α,β-unsaturated/α-hetero) is 1. The molecule has 1 aromatic carbocycles. The summed E-state index contributed by atoms with van der Waals surface area (Å²) >= 11 is 0. The first-order chi connectivity index (χ1) is 6.33. The van der Waals surface area contributed by atoms with Crippen LogP contribution >= 0.6 is 0 Å². The smallest absolute Gasteiger partial charge is 0.145 e. The fourth-order valence-electron chi connectivity index (χ4n) is 2.40. The Morgan fingerprint density at radius 3 is 2.85 bits per heavy atom. The summed E-state index contributed by atoms with van der Waals surface area (Å²) in [7, 11) is 0. The van der Waals surface area contributed by atoms with Gasteiger partial charge in [-0.2, -0.15) is 0 Å². The molecule has 13 heavy (non-hydrogen) atoms. The largest absolute Gasteiger partial charge is 0.383 e. The minimum atomic E-state index is -0.142. The summed E-state index contributed by atoms with van der Waals surface area (Å²) in [5.41, 5.74) is 2.22. The third kappa shape index (κ3) is 0.711. The number of ketones is 1. The zero-order chi connectivity index (χ0) is 8.89. The molecule has 0 bridgehead atoms. The maximum atomic E-state index is 11.6. The number of anilines is 1. The van der Waals surface area contributed by atoms with Gasteiger partial charge in [-0.15, -0.1) is 0 Å². The van der Waals surface area contributed by atoms with Crippen LogP contribution in [0.4, 0.5) is 5.69 Å². The monoisotopic (exact) mass is 173 g/mol. The molecule has 1 N–H and O–H groups in total. The Hall–Kier alpha value is -1.31. The number of carbonyl (C=O) groups is 1. The molecule has 0 saturated heterocycles. The lowest BCUT2D eigenvalue weighted by molar-refractivity contribution is -0.130. The first-order valence-electron chi connectivity index (χ1n) is 4.70. The standard InChI is InChI=1S/C11H11NO/c13-10-5-6-11(10)7-12-9-4-2-1-3-8(9)11/h1-4,12H,5-7H2. The van der Waals surface area contributed by atoms with Crippen LogP contribution in [0.2, 0.25) is 0 Å². The molecule has 2 aliphatic rings. The number of hydrogen-bond donors (Lipinski definition) is 1. The predicted octanol–water partition coefficient (Wildman–Crippen LogP) is 1.71. The van der Waals surface area contributed by atoms with Crippen LogP contribution in [0.25, 0.3) is 0 Å². The lowest BCUT2D eigenvalue weighted by Gasteiger charge is -2.36. The molecule has 0 amide bonds. The van der Waals surface area contributed by atoms with E-state index in [9.17, 15) is 4.79 Å². The highest BCUT2D eigenvalue weighted by Crippen LogP contribution is 2.47. The summed E-state index contributed by atoms with van der Waals surface area (Å²) in [4.78, 5) is 11.6. The van der Waals surface area contributed by atoms with Crippen LogP contribution in [0, 0.1) is 0 Å². The van der Waals surface area contributed by atoms with Gasteiger partial charge in [-0.3, -0.25) is 4.79 Å². The molecule has 1 spiro atoms. The van der Waals surface area contributed by atoms with Gasteiger partial charge >= 0.3 is 0 Å². The van der Waals surface area contributed by atoms with Gasteiger partial charge in [-0.25, -0.2) is 0 Å². The van der Waals surface area contributed by atoms with Crippen LogP contribution in [0.5, 0.6) is 0 Å². The van der Waals surface area contributed by atoms with E-state index in [4.69, 9.17) is 0 Å². The molecule has 0 radical (unpaired) electrons. The molecule has 2 heteroatoms. The van der Waals surface area contributed by atoms with Gasteiger partial charge in [0.05, 0.1) is 5.41 Å². The van der Waals surface area contributed by atoms with Crippen molar-refractivity contribution in [1.29, 1.82) is 0 Å². The van der Waals surface area contributed by atoms with E-state index in [-0.39, 0.29) is 5.41 Å². The highest BCUT2D eigenvalue weighted by molar-refractivity contribution is 5.99. The molecule has 1 aromatic rings. The van der Waals surface area contributed by atoms with Crippen molar-refractivity contribution in [3.8, 4) is 0 Å². The van der Waals surface area contributed by atoms with Crippen molar-refractivity contribution >= 4 is 11.5 Å². The van der Waals surface area contributed by atoms with Gasteiger partial charge < -0.3 is 5.32 Å². The molecule has 1 aliphatic heterocycles. The van der Waals surface area contributed by atoms with Crippen LogP contribution < -0.4 is 5.32 Å². The molecule has 1 aliphatic carbocycles. The zero-order valence-corrected chi connectivity index (χ0v) is 7.34. The molecule has 3 rings (SSSR count). The van der Waals surface area contributed by atoms with Gasteiger partial charge in [0, 0.05) is 18.7 Å². The van der Waals surface area contributed by atoms with E-state index in [0.29, 0.717) is 5.78 Å². The maximum Gasteiger partial charge on any atom is 0.145 e. The van der Waals surface area contributed by atoms with Crippen molar-refractivity contribution in [3.63, 3.8) is 0 Å². The summed E-state index contributed by atoms with van der Waals surface area (Å²) in [5.74, 6) is 0.407. The SMILES string of the molecule is O=C1CCC12CNc1ccccc12. The zero-order valence-electron chi connectivity index (χ0n) is 7.34. The number of carbonyl (C=O) groups excluding carboxylic acids is 1. The van der Waals surface area contributed by atoms with Crippen molar-refractivity contribution < 1.29 is 4.79 Å². The molecule has 2 nitrogen and oxygen atoms in total. The topological polar surface area (TPSA) is 29.1 Å². The van der Waals surface area contributed by atoms with E-state index in [1.807, 2.05) is 12.1 Å². The predicted molar refractivity (Wildman–Crippen MR) is 50.9 cm³/mol. The Balaban J connectivity index is 2.17. The van der Waals surface area contributed by atoms with Gasteiger partial charge in [-0.05, 0) is 18.1 Å². The second-order valence-corrected chi connectivity index (χ2v) is 3.90. The molecular formula is C11H11NO. The Morgan fingerprint density at radius 1 is 1.31 bits per heavy atom. The summed E-state index contributed by atoms with van der Waals surface area (Å²) in [6.07, 6.45) is 1.78. The van der Waals surface area contributed by atoms with E-state index in [1.54, 1.807) is 0 Å². The van der Waals surface area contributed by atoms with Gasteiger partial charge in [0.2, 0.25) is 0 Å². The number of rotatable bonds is 0. The number of hydrogen-bond acceptors (Lipinski definition) is 2. The quantitative estimate of drug-likeness (QED) is 0.647. The number of para-hydroxylation sites is 1. The van der Waals surface area contributed by atoms with Crippen LogP contribution in [0.1, 0.15) is 18.4 Å². The van der Waals surface area contributed by atoms with Crippen molar-refractivity contribution in [2.45, 2.75) is 18.3 Å². The third-order valence-corrected chi connectivity index (χ3v) is 3.34. The molecule has 1 saturated carbocycles. The molecule has 1 fully saturated rings. The minimum absolute atomic E-state index is 0.142. The fraction of sp³-hybridized carbons (Fsp3) is 0.364. The van der Waals surface area contributed by atoms with Gasteiger partial charge in [-0.1, -0.05) is 18.2 Å². The van der Waals surface area contributed by atoms with E-state index >= 15 is 0 Å². The van der Waals surface area contributed by atoms with Crippen molar-refractivity contribution in [2.75, 3.05) is 11.9 Å². The van der Waals surface area contributed by atoms with Crippen LogP contribution in [0.3, 0.4) is 0 Å². The summed E-state index contributed by atoms with van der Waals surface area (Å²) in [5, 5.41) is 3.30. The lowest BCUT2D eigenvalue weighted by atomic mass is 9.64. The highest BCUT2D eigenvalue weighted by Gasteiger charge is 2.50. The first kappa shape index (κ1) is 7.13. The Bertz CT molecular complexity index is 385. The number of fused-ring (bicyclic) bond motifs is 2. The van der Waals surface area contributed by atoms with Crippen LogP contribution in [-0.4, -0.2) is 12.3 Å². The fourth-order valence-corrected chi connectivity index (χ4v) is 2.40. The van der Waals surface area contributed by atoms with E-state index in [0.717, 1.165) is 25.1 Å². The van der Waals surface area contributed by atoms with Gasteiger partial charge in [0.25, 0.3) is 0 Å². The molecule has 1 atom stereocenters. The van der Waals surface area contributed by atoms with Gasteiger partial charge in [0.1, 0.15) is 5.78 Å². The van der Waals surface area contributed by atoms with Crippen LogP contribution in [-0.2, 0) is 10.2 Å².